The third-order valence-corrected chi connectivity index (χ3v) is 8.83. The number of carbonyl (C=O) groups excluding carboxylic acids is 2. The fourth-order valence-corrected chi connectivity index (χ4v) is 5.86. The summed E-state index contributed by atoms with van der Waals surface area (Å²) in [5.74, 6) is -1.60. The van der Waals surface area contributed by atoms with Crippen LogP contribution >= 0.6 is 11.3 Å². The Morgan fingerprint density at radius 2 is 1.98 bits per heavy atom. The van der Waals surface area contributed by atoms with Crippen LogP contribution in [0.4, 0.5) is 10.9 Å². The van der Waals surface area contributed by atoms with Gasteiger partial charge in [-0.1, -0.05) is 17.3 Å². The number of hydroxylamine groups is 2. The first kappa shape index (κ1) is 35.4. The van der Waals surface area contributed by atoms with E-state index in [9.17, 15) is 32.5 Å². The van der Waals surface area contributed by atoms with Gasteiger partial charge in [-0.15, -0.1) is 11.3 Å². The summed E-state index contributed by atoms with van der Waals surface area (Å²) in [5.41, 5.74) is 5.50. The Balaban J connectivity index is 1.24. The van der Waals surface area contributed by atoms with Gasteiger partial charge in [0, 0.05) is 30.5 Å². The van der Waals surface area contributed by atoms with Crippen molar-refractivity contribution in [3.05, 3.63) is 53.7 Å². The van der Waals surface area contributed by atoms with Crippen LogP contribution in [0, 0.1) is 5.92 Å². The highest BCUT2D eigenvalue weighted by Gasteiger charge is 2.57. The number of carboxylic acid groups (broad SMARTS) is 1. The van der Waals surface area contributed by atoms with Crippen molar-refractivity contribution in [1.29, 1.82) is 0 Å². The number of β-lactam (4-membered cyclic amide) rings is 1. The first-order chi connectivity index (χ1) is 23.1. The van der Waals surface area contributed by atoms with Crippen LogP contribution in [0.3, 0.4) is 0 Å². The van der Waals surface area contributed by atoms with Gasteiger partial charge >= 0.3 is 5.97 Å². The molecule has 2 aromatic heterocycles. The molecule has 0 spiro atoms. The number of pyridine rings is 1. The van der Waals surface area contributed by atoms with Gasteiger partial charge in [0.15, 0.2) is 10.8 Å². The van der Waals surface area contributed by atoms with Crippen molar-refractivity contribution in [3.8, 4) is 16.9 Å². The maximum atomic E-state index is 13.2. The van der Waals surface area contributed by atoms with Crippen LogP contribution in [-0.4, -0.2) is 95.5 Å². The van der Waals surface area contributed by atoms with E-state index in [-0.39, 0.29) is 10.8 Å². The smallest absolute Gasteiger partial charge is 0.351 e. The second-order valence-corrected chi connectivity index (χ2v) is 13.6. The number of carbonyl (C=O) groups is 3. The van der Waals surface area contributed by atoms with Crippen LogP contribution in [0.1, 0.15) is 19.5 Å². The van der Waals surface area contributed by atoms with Gasteiger partial charge < -0.3 is 35.6 Å². The van der Waals surface area contributed by atoms with Gasteiger partial charge in [0.1, 0.15) is 24.1 Å². The van der Waals surface area contributed by atoms with Crippen LogP contribution in [-0.2, 0) is 41.0 Å². The van der Waals surface area contributed by atoms with Crippen molar-refractivity contribution in [3.63, 3.8) is 0 Å². The van der Waals surface area contributed by atoms with Crippen LogP contribution < -0.4 is 31.0 Å². The molecule has 5 rings (SSSR count). The van der Waals surface area contributed by atoms with Gasteiger partial charge in [0.2, 0.25) is 10.4 Å². The van der Waals surface area contributed by atoms with Crippen molar-refractivity contribution in [2.45, 2.75) is 31.5 Å². The molecule has 3 aromatic rings. The maximum absolute atomic E-state index is 13.2. The third kappa shape index (κ3) is 8.40. The normalized spacial score (nSPS) is 18.2. The van der Waals surface area contributed by atoms with E-state index in [4.69, 9.17) is 15.3 Å². The number of aryl methyl sites for hydroxylation is 1. The number of ether oxygens (including phenoxy) is 1. The van der Waals surface area contributed by atoms with Gasteiger partial charge in [-0.2, -0.15) is 9.35 Å². The largest absolute Gasteiger partial charge is 0.724 e. The van der Waals surface area contributed by atoms with Crippen LogP contribution in [0.2, 0.25) is 0 Å². The van der Waals surface area contributed by atoms with Crippen molar-refractivity contribution in [2.75, 3.05) is 37.3 Å². The van der Waals surface area contributed by atoms with Crippen LogP contribution in [0.15, 0.2) is 53.1 Å². The molecule has 1 aromatic carbocycles. The number of nitrogen functional groups attached to an aromatic ring is 1. The number of thiazole rings is 1. The maximum Gasteiger partial charge on any atom is 0.351 e. The summed E-state index contributed by atoms with van der Waals surface area (Å²) in [6, 6.07) is 9.68. The molecule has 49 heavy (non-hydrogen) atoms. The number of anilines is 2. The minimum atomic E-state index is -5.27. The lowest BCUT2D eigenvalue weighted by Gasteiger charge is -2.51. The van der Waals surface area contributed by atoms with Gasteiger partial charge in [0.05, 0.1) is 25.3 Å². The number of hydrogen-bond acceptors (Lipinski definition) is 15. The molecular weight excluding hydrogens is 684 g/mol. The number of aliphatic carboxylic acids is 1. The van der Waals surface area contributed by atoms with E-state index in [2.05, 4.69) is 30.4 Å². The zero-order valence-electron chi connectivity index (χ0n) is 26.5. The Morgan fingerprint density at radius 1 is 1.27 bits per heavy atom. The molecule has 2 fully saturated rings. The molecule has 0 aliphatic carbocycles. The Bertz CT molecular complexity index is 1860. The minimum Gasteiger partial charge on any atom is -0.724 e. The standard InChI is InChI=1S/C29H34N8O10S2/c1-29(2)24(26(39)37(29)47-49(42,43)44)34-25(38)23(20-15-48-28(30)33-20)35-46-21(27(40)41)14-45-19-6-4-17(5-7-19)18-8-9-36(3)22(10-18)32-13-16-11-31-12-16/h4-10,15-16,21,24,31H,11-14H2,1-3H3,(H5,30,33,34,38,40,41,42,43,44)/b35-23-/t21-,24+/m0/s1. The quantitative estimate of drug-likeness (QED) is 0.0335. The second-order valence-electron chi connectivity index (χ2n) is 11.8. The molecule has 0 saturated carbocycles. The number of oxime groups is 1. The number of aromatic nitrogens is 2. The summed E-state index contributed by atoms with van der Waals surface area (Å²) in [4.78, 5) is 46.9. The lowest BCUT2D eigenvalue weighted by molar-refractivity contribution is -0.657. The second kappa shape index (κ2) is 14.3. The first-order valence-electron chi connectivity index (χ1n) is 14.8. The number of hydrogen-bond donors (Lipinski definition) is 5. The Labute approximate surface area is 284 Å². The fraction of sp³-hybridized carbons (Fsp3) is 0.379. The number of carboxylic acids is 1. The number of amides is 2. The van der Waals surface area contributed by atoms with E-state index in [1.54, 1.807) is 12.1 Å². The predicted octanol–water partition coefficient (Wildman–Crippen LogP) is -0.402. The molecule has 2 saturated heterocycles. The average molecular weight is 719 g/mol. The van der Waals surface area contributed by atoms with Crippen molar-refractivity contribution in [2.24, 2.45) is 18.1 Å². The SMILES string of the molecule is C[n+]1ccc(-c2ccc(OC[C@H](O/N=C(\C(=O)N[C@@H]3C(=O)N(OS(=O)(=O)[O-])C3(C)C)c3csc(N)n3)C(=O)O)cc2)cc1NCC1CNC1. The van der Waals surface area contributed by atoms with E-state index in [1.807, 2.05) is 42.1 Å². The van der Waals surface area contributed by atoms with Crippen LogP contribution in [0.5, 0.6) is 5.75 Å². The molecule has 20 heteroatoms. The molecule has 2 amide bonds. The van der Waals surface area contributed by atoms with Gasteiger partial charge in [-0.25, -0.2) is 22.8 Å². The highest BCUT2D eigenvalue weighted by atomic mass is 32.3. The van der Waals surface area contributed by atoms with E-state index in [0.29, 0.717) is 16.7 Å². The zero-order chi connectivity index (χ0) is 35.5. The van der Waals surface area contributed by atoms with Crippen LogP contribution in [0.25, 0.3) is 11.1 Å². The fourth-order valence-electron chi connectivity index (χ4n) is 4.86. The van der Waals surface area contributed by atoms with Gasteiger partial charge in [0.25, 0.3) is 23.7 Å². The summed E-state index contributed by atoms with van der Waals surface area (Å²) in [6.07, 6.45) is 0.278. The van der Waals surface area contributed by atoms with Crippen molar-refractivity contribution >= 4 is 56.2 Å². The topological polar surface area (TPSA) is 251 Å². The molecule has 2 aliphatic rings. The molecule has 18 nitrogen and oxygen atoms in total. The molecule has 2 aliphatic heterocycles. The molecule has 2 atom stereocenters. The summed E-state index contributed by atoms with van der Waals surface area (Å²) >= 11 is 0.957. The highest BCUT2D eigenvalue weighted by molar-refractivity contribution is 7.80. The summed E-state index contributed by atoms with van der Waals surface area (Å²) in [5, 5.41) is 24.3. The number of rotatable bonds is 15. The molecule has 0 bridgehead atoms. The zero-order valence-corrected chi connectivity index (χ0v) is 28.1. The number of nitrogens with two attached hydrogens (primary N) is 1. The monoisotopic (exact) mass is 718 g/mol. The van der Waals surface area contributed by atoms with E-state index >= 15 is 0 Å². The molecular formula is C29H34N8O10S2. The predicted molar refractivity (Wildman–Crippen MR) is 173 cm³/mol. The van der Waals surface area contributed by atoms with Gasteiger partial charge in [-0.3, -0.25) is 14.9 Å². The summed E-state index contributed by atoms with van der Waals surface area (Å²) < 4.78 is 44.9. The Kier molecular flexibility index (Phi) is 10.3. The molecule has 4 heterocycles. The minimum absolute atomic E-state index is 0.0560. The lowest BCUT2D eigenvalue weighted by atomic mass is 9.84. The third-order valence-electron chi connectivity index (χ3n) is 7.82. The van der Waals surface area contributed by atoms with E-state index in [1.165, 1.54) is 19.2 Å². The first-order valence-corrected chi connectivity index (χ1v) is 17.0. The number of benzene rings is 1. The summed E-state index contributed by atoms with van der Waals surface area (Å²) in [7, 11) is -3.31. The van der Waals surface area contributed by atoms with E-state index < -0.39 is 58.2 Å². The Morgan fingerprint density at radius 3 is 2.55 bits per heavy atom. The van der Waals surface area contributed by atoms with Crippen molar-refractivity contribution in [1.82, 2.24) is 20.7 Å². The molecule has 0 unspecified atom stereocenters. The van der Waals surface area contributed by atoms with E-state index in [0.717, 1.165) is 47.9 Å². The highest BCUT2D eigenvalue weighted by Crippen LogP contribution is 2.33. The lowest BCUT2D eigenvalue weighted by Crippen LogP contribution is -2.76. The number of nitrogens with one attached hydrogen (secondary N) is 3. The number of nitrogens with zero attached hydrogens (tertiary/aromatic N) is 4. The average Bonchev–Trinajstić information content (AvgIpc) is 3.45. The Hall–Kier alpha value is -4.89. The molecule has 0 radical (unpaired) electrons. The van der Waals surface area contributed by atoms with Gasteiger partial charge in [-0.05, 0) is 43.2 Å². The molecule has 262 valence electrons. The van der Waals surface area contributed by atoms with Crippen molar-refractivity contribution < 1.29 is 50.9 Å². The molecule has 6 N–H and O–H groups in total. The summed E-state index contributed by atoms with van der Waals surface area (Å²) in [6.45, 7) is 5.03.